The van der Waals surface area contributed by atoms with Crippen molar-refractivity contribution in [1.82, 2.24) is 5.32 Å². The minimum atomic E-state index is -3.03. The third kappa shape index (κ3) is 8.70. The van der Waals surface area contributed by atoms with Crippen molar-refractivity contribution >= 4 is 9.84 Å². The predicted molar refractivity (Wildman–Crippen MR) is 84.2 cm³/mol. The Labute approximate surface area is 127 Å². The number of sulfone groups is 1. The molecule has 120 valence electrons. The fraction of sp³-hybridized carbons (Fsp3) is 0.600. The first-order valence-corrected chi connectivity index (χ1v) is 8.94. The molecule has 0 saturated heterocycles. The van der Waals surface area contributed by atoms with Crippen LogP contribution in [0.2, 0.25) is 0 Å². The molecule has 0 spiro atoms. The quantitative estimate of drug-likeness (QED) is 0.794. The van der Waals surface area contributed by atoms with Crippen LogP contribution in [-0.2, 0) is 15.6 Å². The van der Waals surface area contributed by atoms with Gasteiger partial charge in [-0.05, 0) is 38.5 Å². The zero-order chi connectivity index (χ0) is 16.1. The van der Waals surface area contributed by atoms with Crippen molar-refractivity contribution in [3.63, 3.8) is 0 Å². The summed E-state index contributed by atoms with van der Waals surface area (Å²) in [5.74, 6) is 0.632. The van der Waals surface area contributed by atoms with E-state index in [9.17, 15) is 13.5 Å². The second-order valence-electron chi connectivity index (χ2n) is 6.31. The fourth-order valence-electron chi connectivity index (χ4n) is 1.66. The highest BCUT2D eigenvalue weighted by molar-refractivity contribution is 7.89. The van der Waals surface area contributed by atoms with Gasteiger partial charge in [0.2, 0.25) is 0 Å². The average molecular weight is 315 g/mol. The van der Waals surface area contributed by atoms with Gasteiger partial charge in [0, 0.05) is 18.3 Å². The van der Waals surface area contributed by atoms with Crippen LogP contribution >= 0.6 is 0 Å². The molecule has 1 rings (SSSR count). The summed E-state index contributed by atoms with van der Waals surface area (Å²) in [5, 5.41) is 13.0. The largest absolute Gasteiger partial charge is 0.491 e. The minimum absolute atomic E-state index is 0.0193. The zero-order valence-electron chi connectivity index (χ0n) is 13.1. The number of benzene rings is 1. The molecule has 0 bridgehead atoms. The van der Waals surface area contributed by atoms with E-state index in [1.165, 1.54) is 6.26 Å². The molecule has 2 N–H and O–H groups in total. The molecule has 1 aromatic rings. The number of ether oxygens (including phenoxy) is 1. The van der Waals surface area contributed by atoms with E-state index in [1.54, 1.807) is 24.3 Å². The second-order valence-corrected chi connectivity index (χ2v) is 8.45. The maximum absolute atomic E-state index is 11.2. The van der Waals surface area contributed by atoms with Gasteiger partial charge in [0.25, 0.3) is 0 Å². The Morgan fingerprint density at radius 1 is 1.24 bits per heavy atom. The number of rotatable bonds is 7. The van der Waals surface area contributed by atoms with Crippen LogP contribution in [0.1, 0.15) is 26.3 Å². The molecule has 0 aromatic heterocycles. The van der Waals surface area contributed by atoms with Crippen molar-refractivity contribution in [3.05, 3.63) is 29.8 Å². The van der Waals surface area contributed by atoms with Crippen molar-refractivity contribution in [2.75, 3.05) is 19.4 Å². The highest BCUT2D eigenvalue weighted by atomic mass is 32.2. The van der Waals surface area contributed by atoms with Gasteiger partial charge in [-0.1, -0.05) is 12.1 Å². The van der Waals surface area contributed by atoms with E-state index in [-0.39, 0.29) is 17.9 Å². The maximum Gasteiger partial charge on any atom is 0.151 e. The molecule has 0 aliphatic rings. The first kappa shape index (κ1) is 17.9. The summed E-state index contributed by atoms with van der Waals surface area (Å²) in [6.45, 7) is 6.73. The lowest BCUT2D eigenvalue weighted by Gasteiger charge is -2.23. The Hall–Kier alpha value is -1.11. The SMILES string of the molecule is CC(C)(C)NCC(O)COc1ccc(CS(C)(=O)=O)cc1. The lowest BCUT2D eigenvalue weighted by Crippen LogP contribution is -2.42. The van der Waals surface area contributed by atoms with Gasteiger partial charge in [-0.2, -0.15) is 0 Å². The highest BCUT2D eigenvalue weighted by Gasteiger charge is 2.12. The Balaban J connectivity index is 2.42. The first-order chi connectivity index (χ1) is 9.55. The van der Waals surface area contributed by atoms with Gasteiger partial charge in [0.15, 0.2) is 9.84 Å². The Morgan fingerprint density at radius 2 is 1.81 bits per heavy atom. The van der Waals surface area contributed by atoms with Crippen molar-refractivity contribution < 1.29 is 18.3 Å². The smallest absolute Gasteiger partial charge is 0.151 e. The second kappa shape index (κ2) is 7.24. The maximum atomic E-state index is 11.2. The molecule has 1 unspecified atom stereocenters. The topological polar surface area (TPSA) is 75.6 Å². The van der Waals surface area contributed by atoms with Gasteiger partial charge in [-0.3, -0.25) is 0 Å². The third-order valence-corrected chi connectivity index (χ3v) is 3.52. The highest BCUT2D eigenvalue weighted by Crippen LogP contribution is 2.14. The summed E-state index contributed by atoms with van der Waals surface area (Å²) in [6.07, 6.45) is 0.607. The van der Waals surface area contributed by atoms with E-state index in [0.717, 1.165) is 5.56 Å². The molecule has 0 fully saturated rings. The van der Waals surface area contributed by atoms with Crippen LogP contribution in [0.4, 0.5) is 0 Å². The first-order valence-electron chi connectivity index (χ1n) is 6.88. The number of aliphatic hydroxyl groups is 1. The van der Waals surface area contributed by atoms with Gasteiger partial charge in [0.05, 0.1) is 5.75 Å². The van der Waals surface area contributed by atoms with Crippen molar-refractivity contribution in [1.29, 1.82) is 0 Å². The molecule has 0 amide bonds. The summed E-state index contributed by atoms with van der Waals surface area (Å²) in [4.78, 5) is 0. The number of hydrogen-bond donors (Lipinski definition) is 2. The molecule has 1 aromatic carbocycles. The van der Waals surface area contributed by atoms with Crippen LogP contribution in [0.25, 0.3) is 0 Å². The summed E-state index contributed by atoms with van der Waals surface area (Å²) >= 11 is 0. The lowest BCUT2D eigenvalue weighted by molar-refractivity contribution is 0.100. The average Bonchev–Trinajstić information content (AvgIpc) is 2.33. The molecule has 1 atom stereocenters. The van der Waals surface area contributed by atoms with E-state index in [0.29, 0.717) is 12.3 Å². The van der Waals surface area contributed by atoms with Gasteiger partial charge in [-0.15, -0.1) is 0 Å². The monoisotopic (exact) mass is 315 g/mol. The van der Waals surface area contributed by atoms with Gasteiger partial charge < -0.3 is 15.2 Å². The number of aliphatic hydroxyl groups excluding tert-OH is 1. The predicted octanol–water partition coefficient (Wildman–Crippen LogP) is 1.36. The van der Waals surface area contributed by atoms with Crippen molar-refractivity contribution in [3.8, 4) is 5.75 Å². The minimum Gasteiger partial charge on any atom is -0.491 e. The molecular weight excluding hydrogens is 290 g/mol. The molecule has 0 heterocycles. The summed E-state index contributed by atoms with van der Waals surface area (Å²) in [6, 6.07) is 6.86. The van der Waals surface area contributed by atoms with Gasteiger partial charge >= 0.3 is 0 Å². The number of nitrogens with one attached hydrogen (secondary N) is 1. The Bertz CT molecular complexity index is 532. The van der Waals surface area contributed by atoms with Crippen LogP contribution in [0.5, 0.6) is 5.75 Å². The molecule has 0 saturated carbocycles. The number of β-amino-alcohol motifs (C(OH)–C–C–N with tert-alkyl or cyclic N) is 1. The van der Waals surface area contributed by atoms with E-state index >= 15 is 0 Å². The molecule has 0 aliphatic carbocycles. The third-order valence-electron chi connectivity index (χ3n) is 2.66. The van der Waals surface area contributed by atoms with Crippen LogP contribution in [0.3, 0.4) is 0 Å². The molecule has 21 heavy (non-hydrogen) atoms. The van der Waals surface area contributed by atoms with E-state index in [1.807, 2.05) is 20.8 Å². The summed E-state index contributed by atoms with van der Waals surface area (Å²) in [7, 11) is -3.03. The van der Waals surface area contributed by atoms with Crippen LogP contribution in [0.15, 0.2) is 24.3 Å². The van der Waals surface area contributed by atoms with Crippen molar-refractivity contribution in [2.45, 2.75) is 38.2 Å². The van der Waals surface area contributed by atoms with Crippen LogP contribution in [-0.4, -0.2) is 44.6 Å². The molecular formula is C15H25NO4S. The van der Waals surface area contributed by atoms with E-state index in [2.05, 4.69) is 5.32 Å². The van der Waals surface area contributed by atoms with E-state index in [4.69, 9.17) is 4.74 Å². The Morgan fingerprint density at radius 3 is 2.29 bits per heavy atom. The normalized spacial score (nSPS) is 14.0. The van der Waals surface area contributed by atoms with Gasteiger partial charge in [0.1, 0.15) is 18.5 Å². The molecule has 5 nitrogen and oxygen atoms in total. The summed E-state index contributed by atoms with van der Waals surface area (Å²) in [5.41, 5.74) is 0.675. The van der Waals surface area contributed by atoms with Crippen molar-refractivity contribution in [2.24, 2.45) is 0 Å². The van der Waals surface area contributed by atoms with E-state index < -0.39 is 15.9 Å². The molecule has 0 radical (unpaired) electrons. The fourth-order valence-corrected chi connectivity index (χ4v) is 2.46. The number of hydrogen-bond acceptors (Lipinski definition) is 5. The Kier molecular flexibility index (Phi) is 6.19. The van der Waals surface area contributed by atoms with Crippen LogP contribution in [0, 0.1) is 0 Å². The van der Waals surface area contributed by atoms with Crippen LogP contribution < -0.4 is 10.1 Å². The molecule has 6 heteroatoms. The standard InChI is InChI=1S/C15H25NO4S/c1-15(2,3)16-9-13(17)10-20-14-7-5-12(6-8-14)11-21(4,18)19/h5-8,13,16-17H,9-11H2,1-4H3. The lowest BCUT2D eigenvalue weighted by atomic mass is 10.1. The molecule has 0 aliphatic heterocycles. The summed E-state index contributed by atoms with van der Waals surface area (Å²) < 4.78 is 27.8. The zero-order valence-corrected chi connectivity index (χ0v) is 13.9. The van der Waals surface area contributed by atoms with Gasteiger partial charge in [-0.25, -0.2) is 8.42 Å².